The molecular formula is C99H156N22O22SSi6. The van der Waals surface area contributed by atoms with E-state index in [1.807, 2.05) is 11.5 Å². The van der Waals surface area contributed by atoms with E-state index in [9.17, 15) is 43.7 Å². The molecule has 3 aromatic carbocycles. The van der Waals surface area contributed by atoms with E-state index < -0.39 is 101 Å². The molecule has 12 atom stereocenters. The Kier molecular flexibility index (Phi) is 35.3. The van der Waals surface area contributed by atoms with Gasteiger partial charge in [-0.1, -0.05) is 167 Å². The lowest BCUT2D eigenvalue weighted by molar-refractivity contribution is -0.386. The summed E-state index contributed by atoms with van der Waals surface area (Å²) in [5.41, 5.74) is 28.8. The first-order valence-corrected chi connectivity index (χ1v) is 69.3. The summed E-state index contributed by atoms with van der Waals surface area (Å²) >= 11 is 0. The Morgan fingerprint density at radius 2 is 0.727 bits per heavy atom. The number of nitro groups is 2. The van der Waals surface area contributed by atoms with E-state index in [2.05, 4.69) is 263 Å². The fourth-order valence-electron chi connectivity index (χ4n) is 16.1. The van der Waals surface area contributed by atoms with E-state index in [-0.39, 0.29) is 174 Å². The molecule has 11 N–H and O–H groups in total. The van der Waals surface area contributed by atoms with Gasteiger partial charge in [-0.25, -0.2) is 19.9 Å². The van der Waals surface area contributed by atoms with Gasteiger partial charge in [0.05, 0.1) is 97.1 Å². The third-order valence-corrected chi connectivity index (χ3v) is 59.5. The van der Waals surface area contributed by atoms with Crippen LogP contribution in [0.25, 0.3) is 44.7 Å². The molecule has 0 saturated carbocycles. The Bertz CT molecular complexity index is 6820. The molecule has 824 valence electrons. The molecule has 4 saturated heterocycles. The van der Waals surface area contributed by atoms with Crippen molar-refractivity contribution in [1.29, 1.82) is 0 Å². The second-order valence-electron chi connectivity index (χ2n) is 48.2. The summed E-state index contributed by atoms with van der Waals surface area (Å²) in [6.07, 6.45) is 3.46. The molecule has 11 aromatic rings. The molecule has 0 radical (unpaired) electrons. The summed E-state index contributed by atoms with van der Waals surface area (Å²) in [5.74, 6) is -0.187. The van der Waals surface area contributed by atoms with Crippen LogP contribution in [-0.4, -0.2) is 232 Å². The number of rotatable bonds is 31. The van der Waals surface area contributed by atoms with E-state index in [0.29, 0.717) is 95.0 Å². The highest BCUT2D eigenvalue weighted by atomic mass is 32.2. The van der Waals surface area contributed by atoms with Crippen molar-refractivity contribution in [2.45, 2.75) is 372 Å². The lowest BCUT2D eigenvalue weighted by Crippen LogP contribution is -2.48. The smallest absolute Gasteiger partial charge is 0.341 e. The summed E-state index contributed by atoms with van der Waals surface area (Å²) in [5, 5.41) is 42.2. The first-order valence-electron chi connectivity index (χ1n) is 50.5. The van der Waals surface area contributed by atoms with Crippen molar-refractivity contribution in [3.63, 3.8) is 0 Å². The van der Waals surface area contributed by atoms with E-state index in [0.717, 1.165) is 5.56 Å². The maximum atomic E-state index is 13.5. The maximum Gasteiger partial charge on any atom is 0.341 e. The number of aliphatic hydroxyl groups excluding tert-OH is 2. The van der Waals surface area contributed by atoms with Crippen LogP contribution >= 0.6 is 0 Å². The summed E-state index contributed by atoms with van der Waals surface area (Å²) in [6.45, 7) is 73.0. The van der Waals surface area contributed by atoms with Crippen molar-refractivity contribution in [2.75, 3.05) is 49.4 Å². The fourth-order valence-corrected chi connectivity index (χ4v) is 24.5. The van der Waals surface area contributed by atoms with Gasteiger partial charge in [0.2, 0.25) is 35.6 Å². The number of nitrogen functional groups attached to an aromatic ring is 4. The highest BCUT2D eigenvalue weighted by molar-refractivity contribution is 7.87. The van der Waals surface area contributed by atoms with Crippen molar-refractivity contribution in [3.05, 3.63) is 144 Å². The number of nitrogens with two attached hydrogens (primary N) is 4. The van der Waals surface area contributed by atoms with Crippen LogP contribution < -0.4 is 42.2 Å². The molecule has 8 aromatic heterocycles. The van der Waals surface area contributed by atoms with Crippen molar-refractivity contribution >= 4 is 140 Å². The highest BCUT2D eigenvalue weighted by Crippen LogP contribution is 2.50. The van der Waals surface area contributed by atoms with Crippen LogP contribution in [0.3, 0.4) is 0 Å². The molecule has 0 bridgehead atoms. The first kappa shape index (κ1) is 118. The average Bonchev–Trinajstić information content (AvgIpc) is 1.62. The molecule has 0 amide bonds. The number of nitro benzene ring substituents is 2. The zero-order valence-corrected chi connectivity index (χ0v) is 99.8. The Morgan fingerprint density at radius 1 is 0.433 bits per heavy atom. The average molecular weight is 2210 g/mol. The second-order valence-corrected chi connectivity index (χ2v) is 78.4. The number of aryl methyl sites for hydroxylation is 3. The van der Waals surface area contributed by atoms with E-state index in [1.165, 1.54) is 18.5 Å². The number of H-pyrrole nitrogens is 1. The lowest BCUT2D eigenvalue weighted by atomic mass is 10.1. The second kappa shape index (κ2) is 44.7. The lowest BCUT2D eigenvalue weighted by Gasteiger charge is -2.40. The van der Waals surface area contributed by atoms with Crippen LogP contribution in [-0.2, 0) is 68.8 Å². The van der Waals surface area contributed by atoms with Crippen LogP contribution in [0.2, 0.25) is 109 Å². The van der Waals surface area contributed by atoms with Crippen LogP contribution in [0, 0.1) is 41.0 Å². The largest absolute Gasteiger partial charge is 0.471 e. The quantitative estimate of drug-likeness (QED) is 0.00918. The summed E-state index contributed by atoms with van der Waals surface area (Å²) < 4.78 is 117. The van der Waals surface area contributed by atoms with Crippen LogP contribution in [0.15, 0.2) is 95.7 Å². The number of fused-ring (bicyclic) bond motifs is 4. The predicted molar refractivity (Wildman–Crippen MR) is 588 cm³/mol. The Balaban J connectivity index is 0.000000180. The van der Waals surface area contributed by atoms with Gasteiger partial charge in [-0.05, 0) is 153 Å². The Hall–Kier alpha value is -10.2. The first-order chi connectivity index (χ1) is 69.1. The van der Waals surface area contributed by atoms with Gasteiger partial charge in [0, 0.05) is 37.8 Å². The molecule has 0 spiro atoms. The van der Waals surface area contributed by atoms with Gasteiger partial charge >= 0.3 is 10.1 Å². The van der Waals surface area contributed by atoms with Crippen LogP contribution in [0.4, 0.5) is 35.2 Å². The number of benzene rings is 3. The van der Waals surface area contributed by atoms with Gasteiger partial charge in [0.1, 0.15) is 67.4 Å². The fraction of sp³-hybridized carbons (Fsp3) is 0.616. The Morgan fingerprint density at radius 3 is 1.04 bits per heavy atom. The third kappa shape index (κ3) is 26.9. The van der Waals surface area contributed by atoms with Crippen molar-refractivity contribution in [3.8, 4) is 17.6 Å². The van der Waals surface area contributed by atoms with Gasteiger partial charge < -0.3 is 92.3 Å². The molecule has 51 heteroatoms. The standard InChI is InChI=1S/C31H51N5O6SSi2.C29H46N6O6Si2.C22H41N5O4Si2.C17H18N6O6/c1-19-14-20(2)26(21(3)15-19)43(37,38)41-28-25-27(34-29(32)35-28)36(18-33-25)24-16-22(42-45(12,13)31(7,8)9)23(40-24)17-39-44(10,11)30(4,5)6;1-28(2,3)42(7,8)39-17-22-21(41-43(9,10)29(4,5)6)15-23(40-22)34-18-31-24-25(34)32-27(30)33-26(24)38-16-19-13-11-12-14-20(19)35(36)37;1-21(2,3)32(7,8)29-12-15-14(31-33(9,10)22(4,5)6)11-16(30-15)27-13-24-17-18(27)25-20(23)26-19(17)28;18-17-20-15-14(19-8-22(15)13-5-11(25)12(6-24)29-13)16(21-17)28-7-9-3-1-2-4-10(9)23(26)27/h14-15,18,22-24H,16-17H2,1-13H3,(H2,32,34,35);11-14,18,21-23H,15-17H2,1-10H3,(H2,30,32,33);13-16H,11-12H2,1-10H3,(H3,23,25,26,28);1-4,8,11-13,24-25H,5-7H2,(H2,18,20,21)/t22?,23-,24-;21?,22-,23-;14?,15-,16-;11?,12-,13-/m1111/s1. The van der Waals surface area contributed by atoms with Crippen LogP contribution in [0.1, 0.15) is 203 Å². The molecule has 12 heterocycles. The summed E-state index contributed by atoms with van der Waals surface area (Å²) in [7, 11) is -16.6. The number of para-hydroxylation sites is 2. The number of imidazole rings is 4. The molecule has 4 aliphatic heterocycles. The van der Waals surface area contributed by atoms with Crippen molar-refractivity contribution in [1.82, 2.24) is 78.1 Å². The Labute approximate surface area is 883 Å². The molecule has 0 aliphatic carbocycles. The number of nitrogens with zero attached hydrogens (tertiary/aromatic N) is 17. The maximum absolute atomic E-state index is 13.5. The number of hydrogen-bond acceptors (Lipinski definition) is 37. The number of anilines is 4. The zero-order chi connectivity index (χ0) is 111. The number of aromatic nitrogens is 16. The van der Waals surface area contributed by atoms with Gasteiger partial charge in [-0.3, -0.25) is 48.3 Å². The molecule has 15 rings (SSSR count). The minimum Gasteiger partial charge on any atom is -0.471 e. The molecule has 4 fully saturated rings. The molecule has 44 nitrogen and oxygen atoms in total. The SMILES string of the molecule is CC(C)(C)[Si](C)(C)OC[C@H]1O[C@@H](n2cnc3c(=O)[nH]c(N)nc32)CC1O[Si](C)(C)C(C)(C)C.CC(C)(C)[Si](C)(C)OC[C@H]1O[C@@H](n2cnc3c(OCc4ccccc4[N+](=O)[O-])nc(N)nc32)CC1O[Si](C)(C)C(C)(C)C.Cc1cc(C)c(S(=O)(=O)Oc2nc(N)nc3c2ncn3[C@H]2CC(O[Si](C)(C)C(C)(C)C)[C@@H](CO[Si](C)(C)C(C)(C)C)O2)c(C)c1.Nc1nc(OCc2ccccc2[N+](=O)[O-])c2ncn([C@H]3CC(O)[C@@H](CO)O3)c2n1. The molecule has 4 aliphatic rings. The minimum absolute atomic E-state index is 0.00306. The highest BCUT2D eigenvalue weighted by Gasteiger charge is 2.53. The van der Waals surface area contributed by atoms with Gasteiger partial charge in [0.15, 0.2) is 94.6 Å². The number of hydrogen-bond donors (Lipinski definition) is 7. The van der Waals surface area contributed by atoms with E-state index >= 15 is 0 Å². The summed E-state index contributed by atoms with van der Waals surface area (Å²) in [4.78, 5) is 83.8. The topological polar surface area (TPSA) is 579 Å². The van der Waals surface area contributed by atoms with E-state index in [4.69, 9.17) is 82.1 Å². The minimum atomic E-state index is -4.25. The monoisotopic (exact) mass is 2210 g/mol. The number of aromatic amines is 1. The zero-order valence-electron chi connectivity index (χ0n) is 93.0. The number of nitrogens with one attached hydrogen (secondary N) is 1. The third-order valence-electron chi connectivity index (χ3n) is 31.0. The molecule has 4 unspecified atom stereocenters. The van der Waals surface area contributed by atoms with Gasteiger partial charge in [-0.2, -0.15) is 43.3 Å². The molecular weight excluding hydrogens is 2050 g/mol. The van der Waals surface area contributed by atoms with Crippen molar-refractivity contribution in [2.24, 2.45) is 0 Å². The van der Waals surface area contributed by atoms with Crippen molar-refractivity contribution < 1.29 is 87.6 Å². The normalized spacial score (nSPS) is 21.0. The number of aliphatic hydroxyl groups is 2. The van der Waals surface area contributed by atoms with Gasteiger partial charge in [0.25, 0.3) is 22.8 Å². The van der Waals surface area contributed by atoms with Gasteiger partial charge in [-0.15, -0.1) is 0 Å². The number of ether oxygens (including phenoxy) is 6. The van der Waals surface area contributed by atoms with E-state index in [1.54, 1.807) is 95.1 Å². The predicted octanol–water partition coefficient (Wildman–Crippen LogP) is 18.3. The molecule has 150 heavy (non-hydrogen) atoms. The van der Waals surface area contributed by atoms with Crippen LogP contribution in [0.5, 0.6) is 17.6 Å². The summed E-state index contributed by atoms with van der Waals surface area (Å²) in [6, 6.07) is 16.2.